The summed E-state index contributed by atoms with van der Waals surface area (Å²) in [7, 11) is 0. The van der Waals surface area contributed by atoms with Crippen LogP contribution >= 0.6 is 0 Å². The smallest absolute Gasteiger partial charge is 0.359 e. The summed E-state index contributed by atoms with van der Waals surface area (Å²) in [5.41, 5.74) is 3.63. The fourth-order valence-electron chi connectivity index (χ4n) is 12.0. The average Bonchev–Trinajstić information content (AvgIpc) is 1.63. The van der Waals surface area contributed by atoms with Gasteiger partial charge in [0, 0.05) is 147 Å². The summed E-state index contributed by atoms with van der Waals surface area (Å²) in [6.45, 7) is 14.7. The molecule has 6 N–H and O–H groups in total. The van der Waals surface area contributed by atoms with Gasteiger partial charge in [-0.1, -0.05) is 6.92 Å². The number of carbonyl (C=O) groups excluding carboxylic acids is 2. The number of nitrogens with one attached hydrogen (secondary N) is 4. The lowest BCUT2D eigenvalue weighted by atomic mass is 9.92. The molecule has 5 aliphatic carbocycles. The van der Waals surface area contributed by atoms with E-state index in [1.54, 1.807) is 93.6 Å². The maximum Gasteiger partial charge on any atom is 0.359 e. The molecule has 34 heteroatoms. The first-order valence-electron chi connectivity index (χ1n) is 34.8. The van der Waals surface area contributed by atoms with Gasteiger partial charge in [0.1, 0.15) is 28.9 Å². The van der Waals surface area contributed by atoms with Crippen LogP contribution in [0.15, 0.2) is 73.3 Å². The van der Waals surface area contributed by atoms with Crippen molar-refractivity contribution in [1.82, 2.24) is 79.0 Å². The van der Waals surface area contributed by atoms with E-state index in [-0.39, 0.29) is 99.6 Å². The molecule has 0 bridgehead atoms. The molecule has 0 amide bonds. The van der Waals surface area contributed by atoms with Crippen molar-refractivity contribution in [3.8, 4) is 23.8 Å². The van der Waals surface area contributed by atoms with E-state index in [9.17, 15) is 54.9 Å². The second-order valence-electron chi connectivity index (χ2n) is 27.1. The third-order valence-corrected chi connectivity index (χ3v) is 17.8. The van der Waals surface area contributed by atoms with Gasteiger partial charge in [-0.3, -0.25) is 0 Å². The summed E-state index contributed by atoms with van der Waals surface area (Å²) in [4.78, 5) is 58.8. The van der Waals surface area contributed by atoms with E-state index >= 15 is 0 Å². The molecule has 1 unspecified atom stereocenters. The minimum atomic E-state index is -2.57. The highest BCUT2D eigenvalue weighted by atomic mass is 19.3. The fourth-order valence-corrected chi connectivity index (χ4v) is 12.0. The second-order valence-corrected chi connectivity index (χ2v) is 27.1. The van der Waals surface area contributed by atoms with Gasteiger partial charge in [0.05, 0.1) is 30.2 Å². The van der Waals surface area contributed by atoms with Gasteiger partial charge in [-0.25, -0.2) is 83.4 Å². The summed E-state index contributed by atoms with van der Waals surface area (Å²) >= 11 is 0. The largest absolute Gasteiger partial charge is 0.461 e. The van der Waals surface area contributed by atoms with E-state index in [0.29, 0.717) is 128 Å². The Hall–Kier alpha value is -9.34. The Bertz CT molecular complexity index is 4140. The monoisotopic (exact) mass is 1440 g/mol. The van der Waals surface area contributed by atoms with E-state index < -0.39 is 47.3 Å². The highest BCUT2D eigenvalue weighted by Gasteiger charge is 2.45. The van der Waals surface area contributed by atoms with E-state index in [1.807, 2.05) is 27.7 Å². The number of aliphatic hydroxyl groups excluding tert-OH is 1. The Morgan fingerprint density at radius 2 is 0.777 bits per heavy atom. The molecule has 103 heavy (non-hydrogen) atoms. The highest BCUT2D eigenvalue weighted by molar-refractivity contribution is 5.87. The molecule has 0 saturated heterocycles. The zero-order chi connectivity index (χ0) is 74.0. The minimum Gasteiger partial charge on any atom is -0.461 e. The molecular weight excluding hydrogens is 1360 g/mol. The first-order valence-corrected chi connectivity index (χ1v) is 34.8. The van der Waals surface area contributed by atoms with E-state index in [1.165, 1.54) is 26.2 Å². The van der Waals surface area contributed by atoms with Crippen LogP contribution in [0.5, 0.6) is 0 Å². The number of esters is 2. The number of carbonyl (C=O) groups is 2. The van der Waals surface area contributed by atoms with Crippen LogP contribution < -0.4 is 21.3 Å². The number of aliphatic hydroxyl groups is 2. The van der Waals surface area contributed by atoms with Crippen molar-refractivity contribution in [2.75, 3.05) is 27.9 Å². The number of alkyl halides is 8. The predicted octanol–water partition coefficient (Wildman–Crippen LogP) is 13.0. The van der Waals surface area contributed by atoms with Gasteiger partial charge in [-0.05, 0) is 143 Å². The van der Waals surface area contributed by atoms with Gasteiger partial charge < -0.3 is 41.0 Å². The van der Waals surface area contributed by atoms with Crippen LogP contribution in [0.25, 0.3) is 23.8 Å². The molecule has 26 nitrogen and oxygen atoms in total. The first-order chi connectivity index (χ1) is 48.8. The zero-order valence-electron chi connectivity index (χ0n) is 58.7. The van der Waals surface area contributed by atoms with Gasteiger partial charge in [-0.15, -0.1) is 0 Å². The zero-order valence-corrected chi connectivity index (χ0v) is 58.7. The molecule has 5 fully saturated rings. The molecule has 13 rings (SSSR count). The number of hydrogen-bond acceptors (Lipinski definition) is 22. The van der Waals surface area contributed by atoms with Crippen molar-refractivity contribution in [2.24, 2.45) is 0 Å². The van der Waals surface area contributed by atoms with Crippen LogP contribution in [0.3, 0.4) is 0 Å². The summed E-state index contributed by atoms with van der Waals surface area (Å²) in [5, 5.41) is 49.9. The van der Waals surface area contributed by atoms with Crippen molar-refractivity contribution in [1.29, 1.82) is 0 Å². The molecule has 0 aliphatic heterocycles. The van der Waals surface area contributed by atoms with Gasteiger partial charge in [0.2, 0.25) is 23.7 Å². The lowest BCUT2D eigenvalue weighted by Gasteiger charge is -2.29. The van der Waals surface area contributed by atoms with Crippen LogP contribution in [0.1, 0.15) is 211 Å². The summed E-state index contributed by atoms with van der Waals surface area (Å²) < 4.78 is 122. The lowest BCUT2D eigenvalue weighted by molar-refractivity contribution is -0.0366. The van der Waals surface area contributed by atoms with Crippen molar-refractivity contribution < 1.29 is 64.4 Å². The van der Waals surface area contributed by atoms with Crippen LogP contribution in [0.4, 0.5) is 58.4 Å². The Morgan fingerprint density at radius 3 is 1.10 bits per heavy atom. The van der Waals surface area contributed by atoms with Gasteiger partial charge >= 0.3 is 11.9 Å². The van der Waals surface area contributed by atoms with Gasteiger partial charge in [0.25, 0.3) is 23.8 Å². The van der Waals surface area contributed by atoms with Crippen LogP contribution in [0, 0.1) is 27.7 Å². The van der Waals surface area contributed by atoms with Crippen molar-refractivity contribution in [2.45, 2.75) is 243 Å². The maximum absolute atomic E-state index is 13.3. The third kappa shape index (κ3) is 21.9. The van der Waals surface area contributed by atoms with Crippen molar-refractivity contribution in [3.05, 3.63) is 119 Å². The van der Waals surface area contributed by atoms with Crippen LogP contribution in [-0.2, 0) is 15.1 Å². The SMILES string of the molecule is CCC(O)c1ccn(-c2nc(C)cc(NC3CCC(F)(F)CC3)n2)n1.CCOC(=O)c1ccn(-c2nc(C)cc(NC3CCC(F)(F)CC3)n2)n1.Cc1cc(NC2CCC(F)(F)CC2)nc(-n2ccc(C(=O)OC(C)C)n2)n1.Cc1cc(NC2CCC(F)(F)CC2)nc(-n2ccc(C3(O)CC3)n2)n1. The molecule has 1 atom stereocenters. The molecule has 8 aromatic heterocycles. The molecule has 0 aromatic carbocycles. The number of ether oxygens (including phenoxy) is 2. The standard InChI is InChI=1S/C18H23F2N5O2.C17H21F2N5O2.C17H21F2N5O.C17H23F2N5O/c1-11(2)27-16(26)14-6-9-25(24-14)17-21-12(3)10-15(23-17)22-13-4-7-18(19,20)8-5-13;1-3-26-15(25)13-6-9-24(23-13)16-20-11(2)10-14(22-16)21-12-4-7-17(18,19)8-5-12;1-11-10-14(21-12-2-5-17(18,19)6-3-12)22-15(20-11)24-9-4-13(23-24)16(25)7-8-16;1-3-14(25)13-6-9-24(23-13)16-20-11(2)10-15(22-16)21-12-4-7-17(18,19)8-5-12/h6,9-11,13H,4-5,7-8H2,1-3H3,(H,21,22,23);6,9-10,12H,3-5,7-8H2,1-2H3,(H,20,21,22);4,9-10,12,25H,2-3,5-8H2,1H3,(H,20,21,22);6,9-10,12,14,25H,3-5,7-8H2,1-2H3,(H,20,21,22). The fraction of sp³-hybridized carbons (Fsp3) is 0.565. The first kappa shape index (κ1) is 76.3. The summed E-state index contributed by atoms with van der Waals surface area (Å²) in [6, 6.07) is 13.5. The van der Waals surface area contributed by atoms with E-state index in [2.05, 4.69) is 81.5 Å². The second kappa shape index (κ2) is 32.5. The Morgan fingerprint density at radius 1 is 0.466 bits per heavy atom. The van der Waals surface area contributed by atoms with Crippen LogP contribution in [-0.4, -0.2) is 162 Å². The Balaban J connectivity index is 0.000000148. The summed E-state index contributed by atoms with van der Waals surface area (Å²) in [5.74, 6) is -7.56. The van der Waals surface area contributed by atoms with E-state index in [4.69, 9.17) is 9.47 Å². The van der Waals surface area contributed by atoms with E-state index in [0.717, 1.165) is 24.2 Å². The molecule has 8 aromatic rings. The van der Waals surface area contributed by atoms with Crippen LogP contribution in [0.2, 0.25) is 0 Å². The Labute approximate surface area is 590 Å². The molecule has 556 valence electrons. The minimum absolute atomic E-state index is 0.0119. The lowest BCUT2D eigenvalue weighted by Crippen LogP contribution is -2.32. The molecule has 0 radical (unpaired) electrons. The number of rotatable bonds is 19. The summed E-state index contributed by atoms with van der Waals surface area (Å²) in [6.07, 6.45) is 10.1. The van der Waals surface area contributed by atoms with Crippen molar-refractivity contribution in [3.63, 3.8) is 0 Å². The predicted molar refractivity (Wildman–Crippen MR) is 364 cm³/mol. The van der Waals surface area contributed by atoms with Gasteiger partial charge in [-0.2, -0.15) is 40.3 Å². The molecular formula is C69H88F8N20O6. The normalized spacial score (nSPS) is 18.7. The number of aromatic nitrogens is 16. The Kier molecular flexibility index (Phi) is 24.1. The molecule has 0 spiro atoms. The number of aryl methyl sites for hydroxylation is 4. The molecule has 5 saturated carbocycles. The number of anilines is 4. The molecule has 8 heterocycles. The number of nitrogens with zero attached hydrogens (tertiary/aromatic N) is 16. The highest BCUT2D eigenvalue weighted by Crippen LogP contribution is 2.44. The van der Waals surface area contributed by atoms with Crippen molar-refractivity contribution >= 4 is 35.2 Å². The average molecular weight is 1450 g/mol. The third-order valence-electron chi connectivity index (χ3n) is 17.8. The molecule has 5 aliphatic rings. The quantitative estimate of drug-likeness (QED) is 0.0324. The van der Waals surface area contributed by atoms with Gasteiger partial charge in [0.15, 0.2) is 11.4 Å². The number of hydrogen-bond donors (Lipinski definition) is 6. The number of halogens is 8. The topological polar surface area (TPSA) is 316 Å². The maximum atomic E-state index is 13.3.